The van der Waals surface area contributed by atoms with Gasteiger partial charge in [-0.3, -0.25) is 4.98 Å². The molecule has 0 unspecified atom stereocenters. The first-order valence-corrected chi connectivity index (χ1v) is 21.7. The molecule has 0 fully saturated rings. The van der Waals surface area contributed by atoms with Crippen LogP contribution in [-0.4, -0.2) is 28.1 Å². The molecule has 7 rings (SSSR count). The summed E-state index contributed by atoms with van der Waals surface area (Å²) < 4.78 is 0. The van der Waals surface area contributed by atoms with Crippen LogP contribution < -0.4 is 5.19 Å². The summed E-state index contributed by atoms with van der Waals surface area (Å²) in [5.74, 6) is 0.932. The molecule has 0 atom stereocenters. The summed E-state index contributed by atoms with van der Waals surface area (Å²) in [4.78, 5) is 13.7. The van der Waals surface area contributed by atoms with Crippen LogP contribution in [0.5, 0.6) is 5.75 Å². The lowest BCUT2D eigenvalue weighted by Crippen LogP contribution is -2.37. The number of para-hydroxylation sites is 1. The summed E-state index contributed by atoms with van der Waals surface area (Å²) in [5, 5.41) is 13.1. The van der Waals surface area contributed by atoms with Gasteiger partial charge >= 0.3 is 0 Å². The average molecular weight is 700 g/mol. The summed E-state index contributed by atoms with van der Waals surface area (Å²) in [7, 11) is -1.39. The molecule has 0 bridgehead atoms. The fourth-order valence-corrected chi connectivity index (χ4v) is 8.04. The molecule has 2 heterocycles. The normalized spacial score (nSPS) is 12.4. The molecule has 2 aromatic heterocycles. The number of aromatic amines is 1. The van der Waals surface area contributed by atoms with E-state index in [1.165, 1.54) is 10.8 Å². The summed E-state index contributed by atoms with van der Waals surface area (Å²) in [6.45, 7) is 20.2. The van der Waals surface area contributed by atoms with Crippen LogP contribution in [0.2, 0.25) is 19.6 Å². The van der Waals surface area contributed by atoms with Gasteiger partial charge in [0.15, 0.2) is 0 Å². The summed E-state index contributed by atoms with van der Waals surface area (Å²) in [6.07, 6.45) is 1.91. The summed E-state index contributed by atoms with van der Waals surface area (Å²) in [6, 6.07) is 41.1. The quantitative estimate of drug-likeness (QED) is 0.170. The molecule has 0 aliphatic rings. The Morgan fingerprint density at radius 1 is 0.577 bits per heavy atom. The highest BCUT2D eigenvalue weighted by molar-refractivity contribution is 6.88. The highest BCUT2D eigenvalue weighted by Gasteiger charge is 2.27. The Balaban J connectivity index is 1.38. The molecule has 0 saturated heterocycles. The summed E-state index contributed by atoms with van der Waals surface area (Å²) >= 11 is 0. The van der Waals surface area contributed by atoms with Gasteiger partial charge in [0.2, 0.25) is 0 Å². The molecule has 0 aliphatic carbocycles. The van der Waals surface area contributed by atoms with Gasteiger partial charge in [-0.1, -0.05) is 139 Å². The van der Waals surface area contributed by atoms with Crippen molar-refractivity contribution in [3.8, 4) is 61.8 Å². The van der Waals surface area contributed by atoms with Crippen LogP contribution in [0.25, 0.3) is 67.1 Å². The first kappa shape index (κ1) is 35.2. The number of fused-ring (bicyclic) bond motifs is 1. The minimum absolute atomic E-state index is 0.101. The van der Waals surface area contributed by atoms with E-state index in [4.69, 9.17) is 9.97 Å². The van der Waals surface area contributed by atoms with E-state index in [1.54, 1.807) is 0 Å². The summed E-state index contributed by atoms with van der Waals surface area (Å²) in [5.41, 5.74) is 12.8. The molecule has 4 nitrogen and oxygen atoms in total. The van der Waals surface area contributed by atoms with E-state index < -0.39 is 8.07 Å². The van der Waals surface area contributed by atoms with Crippen LogP contribution >= 0.6 is 0 Å². The molecule has 0 aliphatic heterocycles. The maximum atomic E-state index is 11.7. The zero-order valence-electron chi connectivity index (χ0n) is 31.9. The standard InChI is InChI=1S/C47H49N3OSi/c1-46(2,3)36-28-39(44(51)40(29-36)47(4,5)6)45-49-41-17-13-16-38(43(41)50-45)34-24-33(30-14-11-10-12-15-30)25-35(26-34)42-27-32(22-23-48-42)31-18-20-37(21-19-31)52(7,8)9/h10-29,51H,1-9H3,(H,49,50). The van der Waals surface area contributed by atoms with Crippen LogP contribution in [-0.2, 0) is 10.8 Å². The van der Waals surface area contributed by atoms with Crippen molar-refractivity contribution in [2.45, 2.75) is 72.0 Å². The molecule has 5 aromatic carbocycles. The van der Waals surface area contributed by atoms with Crippen LogP contribution in [0.3, 0.4) is 0 Å². The molecular weight excluding hydrogens is 651 g/mol. The lowest BCUT2D eigenvalue weighted by Gasteiger charge is -2.27. The van der Waals surface area contributed by atoms with E-state index in [1.807, 2.05) is 12.3 Å². The van der Waals surface area contributed by atoms with Crippen LogP contribution in [0.15, 0.2) is 121 Å². The monoisotopic (exact) mass is 699 g/mol. The van der Waals surface area contributed by atoms with Gasteiger partial charge in [-0.15, -0.1) is 0 Å². The van der Waals surface area contributed by atoms with Crippen molar-refractivity contribution >= 4 is 24.3 Å². The molecule has 0 spiro atoms. The average Bonchev–Trinajstić information content (AvgIpc) is 3.55. The fraction of sp³-hybridized carbons (Fsp3) is 0.234. The van der Waals surface area contributed by atoms with Gasteiger partial charge in [-0.25, -0.2) is 4.98 Å². The lowest BCUT2D eigenvalue weighted by atomic mass is 9.79. The maximum Gasteiger partial charge on any atom is 0.142 e. The number of benzene rings is 5. The third-order valence-electron chi connectivity index (χ3n) is 10.0. The van der Waals surface area contributed by atoms with Crippen molar-refractivity contribution < 1.29 is 5.11 Å². The minimum atomic E-state index is -1.39. The Morgan fingerprint density at radius 2 is 1.25 bits per heavy atom. The minimum Gasteiger partial charge on any atom is -0.507 e. The zero-order valence-corrected chi connectivity index (χ0v) is 32.9. The Morgan fingerprint density at radius 3 is 1.92 bits per heavy atom. The largest absolute Gasteiger partial charge is 0.507 e. The maximum absolute atomic E-state index is 11.7. The number of aromatic nitrogens is 3. The van der Waals surface area contributed by atoms with E-state index >= 15 is 0 Å². The van der Waals surface area contributed by atoms with Gasteiger partial charge in [0.05, 0.1) is 30.4 Å². The number of hydrogen-bond donors (Lipinski definition) is 2. The predicted octanol–water partition coefficient (Wildman–Crippen LogP) is 12.1. The second-order valence-corrected chi connectivity index (χ2v) is 22.2. The van der Waals surface area contributed by atoms with Gasteiger partial charge in [-0.2, -0.15) is 0 Å². The zero-order chi connectivity index (χ0) is 37.0. The Labute approximate surface area is 309 Å². The van der Waals surface area contributed by atoms with Crippen molar-refractivity contribution in [3.63, 3.8) is 0 Å². The third-order valence-corrected chi connectivity index (χ3v) is 12.1. The number of H-pyrrole nitrogens is 1. The smallest absolute Gasteiger partial charge is 0.142 e. The SMILES string of the molecule is CC(C)(C)c1cc(-c2nc3c(-c4cc(-c5ccccc5)cc(-c5cc(-c6ccc([Si](C)(C)C)cc6)ccn5)c4)cccc3[nH]2)c(O)c(C(C)(C)C)c1. The second kappa shape index (κ2) is 13.1. The molecule has 5 heteroatoms. The number of rotatable bonds is 6. The first-order valence-electron chi connectivity index (χ1n) is 18.2. The number of pyridine rings is 1. The number of aromatic hydroxyl groups is 1. The number of nitrogens with zero attached hydrogens (tertiary/aromatic N) is 2. The number of nitrogens with one attached hydrogen (secondary N) is 1. The van der Waals surface area contributed by atoms with Crippen LogP contribution in [0.1, 0.15) is 52.7 Å². The Kier molecular flexibility index (Phi) is 8.83. The van der Waals surface area contributed by atoms with Crippen molar-refractivity contribution in [1.82, 2.24) is 15.0 Å². The highest BCUT2D eigenvalue weighted by Crippen LogP contribution is 2.43. The lowest BCUT2D eigenvalue weighted by molar-refractivity contribution is 0.446. The number of hydrogen-bond acceptors (Lipinski definition) is 3. The van der Waals surface area contributed by atoms with Crippen molar-refractivity contribution in [2.24, 2.45) is 0 Å². The van der Waals surface area contributed by atoms with Gasteiger partial charge in [-0.05, 0) is 86.7 Å². The molecule has 0 amide bonds. The van der Waals surface area contributed by atoms with Crippen molar-refractivity contribution in [2.75, 3.05) is 0 Å². The third kappa shape index (κ3) is 6.98. The molecular formula is C47H49N3OSi. The first-order chi connectivity index (χ1) is 24.6. The topological polar surface area (TPSA) is 61.8 Å². The number of phenols is 1. The molecule has 0 saturated carbocycles. The van der Waals surface area contributed by atoms with Crippen molar-refractivity contribution in [1.29, 1.82) is 0 Å². The second-order valence-electron chi connectivity index (χ2n) is 17.1. The fourth-order valence-electron chi connectivity index (χ4n) is 6.87. The van der Waals surface area contributed by atoms with E-state index in [9.17, 15) is 5.11 Å². The van der Waals surface area contributed by atoms with Crippen LogP contribution in [0, 0.1) is 0 Å². The van der Waals surface area contributed by atoms with E-state index in [-0.39, 0.29) is 16.6 Å². The highest BCUT2D eigenvalue weighted by atomic mass is 28.3. The number of phenolic OH excluding ortho intramolecular Hbond substituents is 1. The van der Waals surface area contributed by atoms with Gasteiger partial charge in [0.1, 0.15) is 11.6 Å². The molecule has 7 aromatic rings. The van der Waals surface area contributed by atoms with E-state index in [0.29, 0.717) is 5.82 Å². The Hall–Kier alpha value is -5.26. The van der Waals surface area contributed by atoms with Crippen LogP contribution in [0.4, 0.5) is 0 Å². The number of imidazole rings is 1. The molecule has 52 heavy (non-hydrogen) atoms. The molecule has 2 N–H and O–H groups in total. The van der Waals surface area contributed by atoms with Crippen molar-refractivity contribution in [3.05, 3.63) is 133 Å². The Bertz CT molecular complexity index is 2400. The van der Waals surface area contributed by atoms with E-state index in [2.05, 4.69) is 175 Å². The molecule has 262 valence electrons. The van der Waals surface area contributed by atoms with Gasteiger partial charge < -0.3 is 10.1 Å². The van der Waals surface area contributed by atoms with Gasteiger partial charge in [0, 0.05) is 22.9 Å². The van der Waals surface area contributed by atoms with E-state index in [0.717, 1.165) is 66.8 Å². The molecule has 0 radical (unpaired) electrons. The van der Waals surface area contributed by atoms with Gasteiger partial charge in [0.25, 0.3) is 0 Å². The predicted molar refractivity (Wildman–Crippen MR) is 223 cm³/mol.